The summed E-state index contributed by atoms with van der Waals surface area (Å²) in [5, 5.41) is 23.4. The lowest BCUT2D eigenvalue weighted by atomic mass is 10.0. The van der Waals surface area contributed by atoms with E-state index in [1.165, 1.54) is 28.5 Å². The summed E-state index contributed by atoms with van der Waals surface area (Å²) >= 11 is 0. The molecule has 4 rings (SSSR count). The van der Waals surface area contributed by atoms with E-state index in [0.29, 0.717) is 18.7 Å². The highest BCUT2D eigenvalue weighted by atomic mass is 19.1. The number of hydrogen-bond donors (Lipinski definition) is 2. The average Bonchev–Trinajstić information content (AvgIpc) is 2.80. The minimum Gasteiger partial charge on any atom is -0.491 e. The van der Waals surface area contributed by atoms with E-state index < -0.39 is 12.2 Å². The smallest absolute Gasteiger partial charge is 0.123 e. The van der Waals surface area contributed by atoms with Gasteiger partial charge in [0.15, 0.2) is 0 Å². The zero-order valence-electron chi connectivity index (χ0n) is 18.4. The van der Waals surface area contributed by atoms with Gasteiger partial charge < -0.3 is 14.9 Å². The standard InChI is InChI=1S/C27H32FNO3/c28-23-12-13-27-21(17-23)8-2-1-5-15-29(16-14-25(30)26(31)19-32-27)18-22-10-6-9-20-7-3-4-11-24(20)22/h3-4,6-7,9-13,17,25-26,30-31H,1-2,5,8,14-16,18-19H2/t25-,26+/m0/s1. The van der Waals surface area contributed by atoms with Gasteiger partial charge in [-0.2, -0.15) is 0 Å². The maximum atomic E-state index is 13.7. The Labute approximate surface area is 189 Å². The van der Waals surface area contributed by atoms with Gasteiger partial charge in [-0.25, -0.2) is 4.39 Å². The molecule has 3 aromatic carbocycles. The van der Waals surface area contributed by atoms with Gasteiger partial charge in [0.25, 0.3) is 0 Å². The lowest BCUT2D eigenvalue weighted by Crippen LogP contribution is -2.36. The van der Waals surface area contributed by atoms with E-state index in [1.807, 2.05) is 0 Å². The number of rotatable bonds is 2. The van der Waals surface area contributed by atoms with Gasteiger partial charge in [-0.15, -0.1) is 0 Å². The maximum absolute atomic E-state index is 13.7. The van der Waals surface area contributed by atoms with Crippen LogP contribution in [0.25, 0.3) is 10.8 Å². The summed E-state index contributed by atoms with van der Waals surface area (Å²) in [5.74, 6) is 0.308. The van der Waals surface area contributed by atoms with Gasteiger partial charge in [0, 0.05) is 13.1 Å². The summed E-state index contributed by atoms with van der Waals surface area (Å²) in [6, 6.07) is 19.3. The molecule has 0 amide bonds. The van der Waals surface area contributed by atoms with Crippen LogP contribution in [-0.2, 0) is 13.0 Å². The van der Waals surface area contributed by atoms with E-state index in [9.17, 15) is 14.6 Å². The van der Waals surface area contributed by atoms with Crippen molar-refractivity contribution in [1.29, 1.82) is 0 Å². The zero-order valence-corrected chi connectivity index (χ0v) is 18.4. The molecule has 1 aliphatic rings. The van der Waals surface area contributed by atoms with Crippen molar-refractivity contribution < 1.29 is 19.3 Å². The van der Waals surface area contributed by atoms with E-state index in [4.69, 9.17) is 4.74 Å². The Morgan fingerprint density at radius 1 is 0.906 bits per heavy atom. The molecule has 0 aromatic heterocycles. The Hall–Kier alpha value is -2.47. The number of nitrogens with zero attached hydrogens (tertiary/aromatic N) is 1. The predicted octanol–water partition coefficient (Wildman–Crippen LogP) is 4.70. The summed E-state index contributed by atoms with van der Waals surface area (Å²) < 4.78 is 19.5. The SMILES string of the molecule is O[C@@H]1COc2ccc(F)cc2CCCCCN(Cc2cccc3ccccc23)CC[C@@H]1O. The highest BCUT2D eigenvalue weighted by molar-refractivity contribution is 5.85. The molecule has 0 saturated carbocycles. The Balaban J connectivity index is 1.48. The van der Waals surface area contributed by atoms with Gasteiger partial charge in [0.05, 0.1) is 6.10 Å². The van der Waals surface area contributed by atoms with Crippen molar-refractivity contribution in [2.45, 2.75) is 50.9 Å². The second-order valence-corrected chi connectivity index (χ2v) is 8.71. The largest absolute Gasteiger partial charge is 0.491 e. The third-order valence-corrected chi connectivity index (χ3v) is 6.31. The molecule has 0 fully saturated rings. The third-order valence-electron chi connectivity index (χ3n) is 6.31. The highest BCUT2D eigenvalue weighted by Gasteiger charge is 2.20. The van der Waals surface area contributed by atoms with E-state index in [-0.39, 0.29) is 12.4 Å². The maximum Gasteiger partial charge on any atom is 0.123 e. The molecule has 5 heteroatoms. The van der Waals surface area contributed by atoms with E-state index in [1.54, 1.807) is 6.07 Å². The predicted molar refractivity (Wildman–Crippen MR) is 125 cm³/mol. The minimum absolute atomic E-state index is 0.0108. The van der Waals surface area contributed by atoms with Crippen LogP contribution in [0, 0.1) is 5.82 Å². The second kappa shape index (κ2) is 10.9. The molecular formula is C27H32FNO3. The van der Waals surface area contributed by atoms with Gasteiger partial charge >= 0.3 is 0 Å². The van der Waals surface area contributed by atoms with Crippen molar-refractivity contribution in [2.24, 2.45) is 0 Å². The number of hydrogen-bond acceptors (Lipinski definition) is 4. The van der Waals surface area contributed by atoms with Gasteiger partial charge in [-0.3, -0.25) is 4.90 Å². The van der Waals surface area contributed by atoms with Crippen molar-refractivity contribution >= 4 is 10.8 Å². The van der Waals surface area contributed by atoms with Gasteiger partial charge in [-0.1, -0.05) is 48.9 Å². The average molecular weight is 438 g/mol. The molecule has 0 bridgehead atoms. The second-order valence-electron chi connectivity index (χ2n) is 8.71. The number of fused-ring (bicyclic) bond motifs is 2. The molecule has 2 atom stereocenters. The molecule has 1 heterocycles. The summed E-state index contributed by atoms with van der Waals surface area (Å²) in [6.45, 7) is 2.40. The first kappa shape index (κ1) is 22.7. The van der Waals surface area contributed by atoms with Crippen LogP contribution in [0.5, 0.6) is 5.75 Å². The molecule has 32 heavy (non-hydrogen) atoms. The zero-order chi connectivity index (χ0) is 22.3. The Morgan fingerprint density at radius 3 is 2.66 bits per heavy atom. The van der Waals surface area contributed by atoms with Crippen LogP contribution in [0.15, 0.2) is 60.7 Å². The van der Waals surface area contributed by atoms with Crippen LogP contribution in [0.3, 0.4) is 0 Å². The van der Waals surface area contributed by atoms with Crippen LogP contribution >= 0.6 is 0 Å². The van der Waals surface area contributed by atoms with Crippen LogP contribution in [-0.4, -0.2) is 47.0 Å². The first-order valence-electron chi connectivity index (χ1n) is 11.6. The Bertz CT molecular complexity index is 1020. The molecule has 3 aromatic rings. The van der Waals surface area contributed by atoms with Crippen molar-refractivity contribution in [3.8, 4) is 5.75 Å². The Kier molecular flexibility index (Phi) is 7.74. The number of aliphatic hydroxyl groups excluding tert-OH is 2. The summed E-state index contributed by atoms with van der Waals surface area (Å²) in [7, 11) is 0. The molecule has 0 saturated heterocycles. The fourth-order valence-corrected chi connectivity index (χ4v) is 4.45. The molecule has 0 aliphatic carbocycles. The van der Waals surface area contributed by atoms with E-state index in [0.717, 1.165) is 44.3 Å². The molecule has 170 valence electrons. The fraction of sp³-hybridized carbons (Fsp3) is 0.407. The van der Waals surface area contributed by atoms with Crippen molar-refractivity contribution in [3.63, 3.8) is 0 Å². The van der Waals surface area contributed by atoms with Crippen LogP contribution < -0.4 is 4.74 Å². The van der Waals surface area contributed by atoms with Gasteiger partial charge in [0.2, 0.25) is 0 Å². The highest BCUT2D eigenvalue weighted by Crippen LogP contribution is 2.24. The Morgan fingerprint density at radius 2 is 1.75 bits per heavy atom. The van der Waals surface area contributed by atoms with Gasteiger partial charge in [-0.05, 0) is 72.3 Å². The van der Waals surface area contributed by atoms with Crippen molar-refractivity contribution in [1.82, 2.24) is 4.90 Å². The lowest BCUT2D eigenvalue weighted by molar-refractivity contribution is -0.0163. The lowest BCUT2D eigenvalue weighted by Gasteiger charge is -2.26. The topological polar surface area (TPSA) is 52.9 Å². The molecule has 0 radical (unpaired) electrons. The molecule has 1 aliphatic heterocycles. The van der Waals surface area contributed by atoms with Crippen LogP contribution in [0.4, 0.5) is 4.39 Å². The van der Waals surface area contributed by atoms with E-state index >= 15 is 0 Å². The summed E-state index contributed by atoms with van der Waals surface area (Å²) in [4.78, 5) is 2.36. The van der Waals surface area contributed by atoms with Crippen LogP contribution in [0.2, 0.25) is 0 Å². The normalized spacial score (nSPS) is 21.5. The number of halogens is 1. The molecule has 0 spiro atoms. The molecule has 0 unspecified atom stereocenters. The molecular weight excluding hydrogens is 405 g/mol. The number of benzene rings is 3. The minimum atomic E-state index is -0.991. The van der Waals surface area contributed by atoms with Gasteiger partial charge in [0.1, 0.15) is 24.3 Å². The number of aliphatic hydroxyl groups is 2. The van der Waals surface area contributed by atoms with Crippen molar-refractivity contribution in [3.05, 3.63) is 77.6 Å². The fourth-order valence-electron chi connectivity index (χ4n) is 4.45. The molecule has 4 nitrogen and oxygen atoms in total. The quantitative estimate of drug-likeness (QED) is 0.610. The van der Waals surface area contributed by atoms with Crippen molar-refractivity contribution in [2.75, 3.05) is 19.7 Å². The van der Waals surface area contributed by atoms with Crippen LogP contribution in [0.1, 0.15) is 36.8 Å². The number of ether oxygens (including phenoxy) is 1. The number of aryl methyl sites for hydroxylation is 1. The summed E-state index contributed by atoms with van der Waals surface area (Å²) in [6.07, 6.45) is 2.34. The van der Waals surface area contributed by atoms with E-state index in [2.05, 4.69) is 47.4 Å². The molecule has 2 N–H and O–H groups in total. The summed E-state index contributed by atoms with van der Waals surface area (Å²) in [5.41, 5.74) is 2.09. The monoisotopic (exact) mass is 437 g/mol. The third kappa shape index (κ3) is 5.85. The first-order chi connectivity index (χ1) is 15.6. The first-order valence-corrected chi connectivity index (χ1v) is 11.6.